The van der Waals surface area contributed by atoms with Gasteiger partial charge in [-0.2, -0.15) is 4.31 Å². The van der Waals surface area contributed by atoms with Crippen LogP contribution in [0.4, 0.5) is 5.69 Å². The van der Waals surface area contributed by atoms with Crippen molar-refractivity contribution in [3.63, 3.8) is 0 Å². The van der Waals surface area contributed by atoms with E-state index in [1.54, 1.807) is 4.31 Å². The maximum Gasteiger partial charge on any atom is 0.243 e. The van der Waals surface area contributed by atoms with Crippen LogP contribution in [-0.4, -0.2) is 24.8 Å². The van der Waals surface area contributed by atoms with Gasteiger partial charge in [0.15, 0.2) is 0 Å². The first-order valence-electron chi connectivity index (χ1n) is 6.42. The molecule has 0 amide bonds. The third-order valence-corrected chi connectivity index (χ3v) is 6.11. The van der Waals surface area contributed by atoms with E-state index < -0.39 is 10.0 Å². The Balaban J connectivity index is 2.43. The van der Waals surface area contributed by atoms with Crippen molar-refractivity contribution >= 4 is 27.3 Å². The average molecular weight is 303 g/mol. The van der Waals surface area contributed by atoms with Crippen molar-refractivity contribution in [3.8, 4) is 0 Å². The first-order chi connectivity index (χ1) is 8.84. The summed E-state index contributed by atoms with van der Waals surface area (Å²) in [5.41, 5.74) is 6.01. The third-order valence-electron chi connectivity index (χ3n) is 3.66. The van der Waals surface area contributed by atoms with Gasteiger partial charge in [-0.05, 0) is 44.9 Å². The average Bonchev–Trinajstić information content (AvgIpc) is 2.32. The summed E-state index contributed by atoms with van der Waals surface area (Å²) < 4.78 is 27.0. The van der Waals surface area contributed by atoms with Crippen molar-refractivity contribution < 1.29 is 8.42 Å². The van der Waals surface area contributed by atoms with Crippen LogP contribution in [0.5, 0.6) is 0 Å². The molecule has 1 fully saturated rings. The van der Waals surface area contributed by atoms with Gasteiger partial charge in [-0.25, -0.2) is 8.42 Å². The molecule has 1 heterocycles. The number of hydrogen-bond donors (Lipinski definition) is 1. The number of anilines is 1. The Morgan fingerprint density at radius 2 is 1.84 bits per heavy atom. The molecule has 2 rings (SSSR count). The van der Waals surface area contributed by atoms with E-state index in [1.807, 2.05) is 13.8 Å². The highest BCUT2D eigenvalue weighted by molar-refractivity contribution is 7.89. The molecule has 1 aromatic rings. The smallest absolute Gasteiger partial charge is 0.243 e. The van der Waals surface area contributed by atoms with Crippen LogP contribution >= 0.6 is 11.6 Å². The highest BCUT2D eigenvalue weighted by Crippen LogP contribution is 2.31. The molecule has 1 aliphatic rings. The van der Waals surface area contributed by atoms with E-state index in [4.69, 9.17) is 17.3 Å². The molecule has 2 atom stereocenters. The summed E-state index contributed by atoms with van der Waals surface area (Å²) in [6.07, 6.45) is 2.86. The van der Waals surface area contributed by atoms with Crippen LogP contribution in [0.3, 0.4) is 0 Å². The van der Waals surface area contributed by atoms with Gasteiger partial charge in [0.1, 0.15) is 0 Å². The molecule has 1 aromatic carbocycles. The number of halogens is 1. The predicted molar refractivity (Wildman–Crippen MR) is 77.7 cm³/mol. The normalized spacial score (nSPS) is 25.4. The van der Waals surface area contributed by atoms with Crippen molar-refractivity contribution in [2.24, 2.45) is 0 Å². The fourth-order valence-electron chi connectivity index (χ4n) is 2.66. The van der Waals surface area contributed by atoms with Crippen LogP contribution in [0.15, 0.2) is 23.1 Å². The monoisotopic (exact) mass is 302 g/mol. The molecular formula is C13H19ClN2O2S. The van der Waals surface area contributed by atoms with Crippen LogP contribution in [0.25, 0.3) is 0 Å². The molecule has 0 unspecified atom stereocenters. The van der Waals surface area contributed by atoms with Gasteiger partial charge in [0.2, 0.25) is 10.0 Å². The Morgan fingerprint density at radius 3 is 2.37 bits per heavy atom. The van der Waals surface area contributed by atoms with E-state index in [9.17, 15) is 8.42 Å². The lowest BCUT2D eigenvalue weighted by Gasteiger charge is -2.37. The van der Waals surface area contributed by atoms with E-state index in [0.717, 1.165) is 19.3 Å². The quantitative estimate of drug-likeness (QED) is 0.854. The molecule has 6 heteroatoms. The number of benzene rings is 1. The molecule has 0 aromatic heterocycles. The zero-order chi connectivity index (χ0) is 14.2. The second-order valence-corrected chi connectivity index (χ2v) is 7.40. The molecule has 0 radical (unpaired) electrons. The zero-order valence-corrected chi connectivity index (χ0v) is 12.7. The molecule has 1 aliphatic heterocycles. The van der Waals surface area contributed by atoms with E-state index in [1.165, 1.54) is 18.2 Å². The summed E-state index contributed by atoms with van der Waals surface area (Å²) in [4.78, 5) is 0.215. The molecular weight excluding hydrogens is 284 g/mol. The zero-order valence-electron chi connectivity index (χ0n) is 11.1. The highest BCUT2D eigenvalue weighted by Gasteiger charge is 2.35. The second-order valence-electron chi connectivity index (χ2n) is 5.15. The largest absolute Gasteiger partial charge is 0.398 e. The summed E-state index contributed by atoms with van der Waals surface area (Å²) in [5.74, 6) is 0. The number of rotatable bonds is 2. The van der Waals surface area contributed by atoms with Gasteiger partial charge >= 0.3 is 0 Å². The van der Waals surface area contributed by atoms with E-state index >= 15 is 0 Å². The maximum atomic E-state index is 12.7. The number of piperidine rings is 1. The van der Waals surface area contributed by atoms with Crippen molar-refractivity contribution in [2.45, 2.75) is 50.1 Å². The molecule has 1 saturated heterocycles. The minimum Gasteiger partial charge on any atom is -0.398 e. The van der Waals surface area contributed by atoms with Crippen LogP contribution in [0.1, 0.15) is 33.1 Å². The Labute approximate surface area is 119 Å². The fraction of sp³-hybridized carbons (Fsp3) is 0.538. The van der Waals surface area contributed by atoms with Crippen molar-refractivity contribution in [2.75, 3.05) is 5.73 Å². The lowest BCUT2D eigenvalue weighted by atomic mass is 10.0. The lowest BCUT2D eigenvalue weighted by Crippen LogP contribution is -2.47. The maximum absolute atomic E-state index is 12.7. The summed E-state index contributed by atoms with van der Waals surface area (Å²) >= 11 is 5.92. The van der Waals surface area contributed by atoms with Gasteiger partial charge in [0.25, 0.3) is 0 Å². The van der Waals surface area contributed by atoms with Crippen molar-refractivity contribution in [1.82, 2.24) is 4.31 Å². The Kier molecular flexibility index (Phi) is 4.08. The molecule has 0 spiro atoms. The van der Waals surface area contributed by atoms with E-state index in [-0.39, 0.29) is 22.0 Å². The Morgan fingerprint density at radius 1 is 1.26 bits per heavy atom. The van der Waals surface area contributed by atoms with Crippen molar-refractivity contribution in [1.29, 1.82) is 0 Å². The van der Waals surface area contributed by atoms with Gasteiger partial charge < -0.3 is 5.73 Å². The summed E-state index contributed by atoms with van der Waals surface area (Å²) in [6.45, 7) is 3.90. The topological polar surface area (TPSA) is 63.4 Å². The van der Waals surface area contributed by atoms with Gasteiger partial charge in [-0.3, -0.25) is 0 Å². The van der Waals surface area contributed by atoms with E-state index in [2.05, 4.69) is 0 Å². The van der Waals surface area contributed by atoms with Crippen LogP contribution in [0, 0.1) is 0 Å². The summed E-state index contributed by atoms with van der Waals surface area (Å²) in [5, 5.41) is 0.276. The number of sulfonamides is 1. The fourth-order valence-corrected chi connectivity index (χ4v) is 4.82. The second kappa shape index (κ2) is 5.31. The number of nitrogens with zero attached hydrogens (tertiary/aromatic N) is 1. The van der Waals surface area contributed by atoms with Gasteiger partial charge in [-0.15, -0.1) is 0 Å². The standard InChI is InChI=1S/C13H19ClN2O2S/c1-9-4-3-5-10(2)16(9)19(17,18)11-6-7-13(15)12(14)8-11/h6-10H,3-5,15H2,1-2H3/t9-,10+. The number of hydrogen-bond acceptors (Lipinski definition) is 3. The lowest BCUT2D eigenvalue weighted by molar-refractivity contribution is 0.204. The first kappa shape index (κ1) is 14.6. The Bertz CT molecular complexity index is 564. The van der Waals surface area contributed by atoms with Gasteiger partial charge in [-0.1, -0.05) is 18.0 Å². The number of nitrogens with two attached hydrogens (primary N) is 1. The van der Waals surface area contributed by atoms with Crippen molar-refractivity contribution in [3.05, 3.63) is 23.2 Å². The molecule has 0 saturated carbocycles. The summed E-state index contributed by atoms with van der Waals surface area (Å²) in [7, 11) is -3.51. The van der Waals surface area contributed by atoms with Crippen LogP contribution in [0.2, 0.25) is 5.02 Å². The van der Waals surface area contributed by atoms with Crippen LogP contribution < -0.4 is 5.73 Å². The predicted octanol–water partition coefficient (Wildman–Crippen LogP) is 2.87. The third kappa shape index (κ3) is 2.73. The Hall–Kier alpha value is -0.780. The van der Waals surface area contributed by atoms with Gasteiger partial charge in [0, 0.05) is 12.1 Å². The minimum absolute atomic E-state index is 0.0186. The number of nitrogen functional groups attached to an aromatic ring is 1. The van der Waals surface area contributed by atoms with E-state index in [0.29, 0.717) is 5.69 Å². The SMILES string of the molecule is C[C@@H]1CCC[C@H](C)N1S(=O)(=O)c1ccc(N)c(Cl)c1. The summed E-state index contributed by atoms with van der Waals surface area (Å²) in [6, 6.07) is 4.52. The molecule has 0 bridgehead atoms. The molecule has 106 valence electrons. The van der Waals surface area contributed by atoms with Crippen LogP contribution in [-0.2, 0) is 10.0 Å². The molecule has 19 heavy (non-hydrogen) atoms. The highest BCUT2D eigenvalue weighted by atomic mass is 35.5. The first-order valence-corrected chi connectivity index (χ1v) is 8.24. The molecule has 0 aliphatic carbocycles. The molecule has 4 nitrogen and oxygen atoms in total. The molecule has 2 N–H and O–H groups in total. The van der Waals surface area contributed by atoms with Gasteiger partial charge in [0.05, 0.1) is 15.6 Å². The minimum atomic E-state index is -3.51.